The maximum absolute atomic E-state index is 13.6. The van der Waals surface area contributed by atoms with Crippen molar-refractivity contribution in [2.45, 2.75) is 30.6 Å². The summed E-state index contributed by atoms with van der Waals surface area (Å²) in [6.45, 7) is 1.67. The second-order valence-electron chi connectivity index (χ2n) is 8.94. The van der Waals surface area contributed by atoms with E-state index in [2.05, 4.69) is 0 Å². The highest BCUT2D eigenvalue weighted by Crippen LogP contribution is 2.55. The normalized spacial score (nSPS) is 36.6. The van der Waals surface area contributed by atoms with Gasteiger partial charge in [-0.3, -0.25) is 24.1 Å². The first kappa shape index (κ1) is 22.1. The van der Waals surface area contributed by atoms with Gasteiger partial charge in [0.1, 0.15) is 11.5 Å². The summed E-state index contributed by atoms with van der Waals surface area (Å²) in [6, 6.07) is 3.11. The number of likely N-dealkylation sites (N-methyl/N-ethyl adjacent to an activating group) is 1. The number of amides is 1. The molecule has 0 radical (unpaired) electrons. The van der Waals surface area contributed by atoms with Crippen LogP contribution in [-0.4, -0.2) is 80.4 Å². The number of rotatable bonds is 2. The molecule has 1 amide bonds. The zero-order valence-corrected chi connectivity index (χ0v) is 17.6. The lowest BCUT2D eigenvalue weighted by atomic mass is 9.52. The number of nitrogens with two attached hydrogens (primary N) is 1. The van der Waals surface area contributed by atoms with Crippen LogP contribution in [0.15, 0.2) is 23.8 Å². The van der Waals surface area contributed by atoms with E-state index in [1.165, 1.54) is 25.1 Å². The molecular formula is C22H24N2O8. The highest BCUT2D eigenvalue weighted by Gasteiger charge is 2.71. The van der Waals surface area contributed by atoms with Gasteiger partial charge in [0.2, 0.25) is 11.7 Å². The number of aliphatic hydroxyl groups is 3. The molecule has 2 fully saturated rings. The van der Waals surface area contributed by atoms with Crippen molar-refractivity contribution >= 4 is 29.0 Å². The highest BCUT2D eigenvalue weighted by atomic mass is 16.3. The molecule has 0 bridgehead atoms. The molecule has 2 saturated carbocycles. The summed E-state index contributed by atoms with van der Waals surface area (Å²) in [5.74, 6) is -11.2. The summed E-state index contributed by atoms with van der Waals surface area (Å²) in [7, 11) is 2.91. The van der Waals surface area contributed by atoms with Crippen molar-refractivity contribution in [2.75, 3.05) is 14.1 Å². The fourth-order valence-electron chi connectivity index (χ4n) is 5.72. The van der Waals surface area contributed by atoms with Crippen LogP contribution in [0, 0.1) is 17.8 Å². The third-order valence-corrected chi connectivity index (χ3v) is 7.13. The number of ketones is 3. The van der Waals surface area contributed by atoms with E-state index in [0.717, 1.165) is 0 Å². The number of aromatic hydroxyl groups is 1. The van der Waals surface area contributed by atoms with Crippen LogP contribution >= 0.6 is 0 Å². The smallest absolute Gasteiger partial charge is 0.235 e. The van der Waals surface area contributed by atoms with Crippen molar-refractivity contribution < 1.29 is 39.6 Å². The summed E-state index contributed by atoms with van der Waals surface area (Å²) in [5, 5.41) is 44.1. The summed E-state index contributed by atoms with van der Waals surface area (Å²) < 4.78 is 0. The monoisotopic (exact) mass is 444 g/mol. The van der Waals surface area contributed by atoms with Crippen LogP contribution in [0.25, 0.3) is 5.76 Å². The Labute approximate surface area is 182 Å². The van der Waals surface area contributed by atoms with E-state index in [0.29, 0.717) is 5.56 Å². The molecule has 170 valence electrons. The van der Waals surface area contributed by atoms with Gasteiger partial charge in [-0.15, -0.1) is 0 Å². The van der Waals surface area contributed by atoms with Crippen molar-refractivity contribution in [2.24, 2.45) is 23.5 Å². The fourth-order valence-corrected chi connectivity index (χ4v) is 5.72. The summed E-state index contributed by atoms with van der Waals surface area (Å²) >= 11 is 0. The molecule has 4 rings (SSSR count). The number of benzene rings is 1. The Bertz CT molecular complexity index is 1110. The minimum atomic E-state index is -2.97. The van der Waals surface area contributed by atoms with E-state index < -0.39 is 76.0 Å². The second-order valence-corrected chi connectivity index (χ2v) is 8.94. The lowest BCUT2D eigenvalue weighted by Gasteiger charge is -2.54. The Kier molecular flexibility index (Phi) is 4.81. The first-order valence-corrected chi connectivity index (χ1v) is 10.1. The number of phenolic OH excluding ortho intramolecular Hbond substituents is 1. The van der Waals surface area contributed by atoms with Gasteiger partial charge in [-0.2, -0.15) is 0 Å². The van der Waals surface area contributed by atoms with Gasteiger partial charge in [-0.25, -0.2) is 0 Å². The van der Waals surface area contributed by atoms with E-state index in [1.807, 2.05) is 0 Å². The van der Waals surface area contributed by atoms with Gasteiger partial charge in [-0.05, 0) is 31.6 Å². The van der Waals surface area contributed by atoms with E-state index in [4.69, 9.17) is 5.73 Å². The number of fused-ring (bicyclic) bond motifs is 3. The van der Waals surface area contributed by atoms with Crippen LogP contribution in [0.5, 0.6) is 5.75 Å². The number of nitrogens with zero attached hydrogens (tertiary/aromatic N) is 1. The van der Waals surface area contributed by atoms with Crippen LogP contribution in [0.2, 0.25) is 0 Å². The molecule has 7 unspecified atom stereocenters. The Morgan fingerprint density at radius 3 is 2.34 bits per heavy atom. The SMILES string of the molecule is CC1c2cccc(O)c2C(O)=C2C(=O)C3(O)C(=O)C(C(N)=O)C(=O)C(N(C)C)C3C(O)C21. The quantitative estimate of drug-likeness (QED) is 0.353. The minimum absolute atomic E-state index is 0.0382. The summed E-state index contributed by atoms with van der Waals surface area (Å²) in [4.78, 5) is 53.1. The zero-order valence-electron chi connectivity index (χ0n) is 17.6. The first-order valence-electron chi connectivity index (χ1n) is 10.1. The predicted molar refractivity (Wildman–Crippen MR) is 109 cm³/mol. The third-order valence-electron chi connectivity index (χ3n) is 7.13. The summed E-state index contributed by atoms with van der Waals surface area (Å²) in [5.41, 5.74) is 2.28. The molecule has 0 aromatic heterocycles. The Morgan fingerprint density at radius 1 is 1.16 bits per heavy atom. The van der Waals surface area contributed by atoms with E-state index in [-0.39, 0.29) is 11.3 Å². The molecule has 7 atom stereocenters. The molecule has 3 aliphatic rings. The lowest BCUT2D eigenvalue weighted by Crippen LogP contribution is -2.75. The summed E-state index contributed by atoms with van der Waals surface area (Å²) in [6.07, 6.45) is -1.62. The molecule has 32 heavy (non-hydrogen) atoms. The van der Waals surface area contributed by atoms with E-state index >= 15 is 0 Å². The van der Waals surface area contributed by atoms with Gasteiger partial charge in [0.05, 0.1) is 23.6 Å². The number of primary amides is 1. The molecule has 1 aromatic rings. The van der Waals surface area contributed by atoms with E-state index in [9.17, 15) is 39.6 Å². The van der Waals surface area contributed by atoms with Crippen molar-refractivity contribution in [3.63, 3.8) is 0 Å². The van der Waals surface area contributed by atoms with Crippen LogP contribution in [0.4, 0.5) is 0 Å². The van der Waals surface area contributed by atoms with E-state index in [1.54, 1.807) is 19.1 Å². The van der Waals surface area contributed by atoms with Gasteiger partial charge in [0, 0.05) is 11.5 Å². The topological polar surface area (TPSA) is 178 Å². The van der Waals surface area contributed by atoms with Gasteiger partial charge in [0.25, 0.3) is 0 Å². The van der Waals surface area contributed by atoms with Gasteiger partial charge in [-0.1, -0.05) is 19.1 Å². The molecule has 1 aromatic carbocycles. The average molecular weight is 444 g/mol. The predicted octanol–water partition coefficient (Wildman–Crippen LogP) is -1.13. The fraction of sp³-hybridized carbons (Fsp3) is 0.455. The van der Waals surface area contributed by atoms with Gasteiger partial charge < -0.3 is 26.2 Å². The maximum Gasteiger partial charge on any atom is 0.235 e. The number of hydrogen-bond acceptors (Lipinski definition) is 9. The van der Waals surface area contributed by atoms with Crippen LogP contribution in [0.3, 0.4) is 0 Å². The number of phenols is 1. The molecule has 0 saturated heterocycles. The third kappa shape index (κ3) is 2.51. The standard InChI is InChI=1S/C22H24N2O8/c1-7-8-5-4-6-9(25)11(8)16(26)12-10(7)17(27)14-15(24(2)3)18(28)13(21(23)31)20(30)22(14,32)19(12)29/h4-7,10,13-15,17,25-27,32H,1-3H3,(H2,23,31). The van der Waals surface area contributed by atoms with Crippen molar-refractivity contribution in [3.05, 3.63) is 34.9 Å². The highest BCUT2D eigenvalue weighted by molar-refractivity contribution is 6.32. The molecule has 0 aliphatic heterocycles. The zero-order chi connectivity index (χ0) is 23.9. The molecule has 10 heteroatoms. The molecule has 0 heterocycles. The Morgan fingerprint density at radius 2 is 1.78 bits per heavy atom. The average Bonchev–Trinajstić information content (AvgIpc) is 2.70. The number of carbonyl (C=O) groups excluding carboxylic acids is 4. The molecule has 0 spiro atoms. The number of carbonyl (C=O) groups is 4. The van der Waals surface area contributed by atoms with Crippen LogP contribution < -0.4 is 5.73 Å². The van der Waals surface area contributed by atoms with Gasteiger partial charge >= 0.3 is 0 Å². The maximum atomic E-state index is 13.6. The van der Waals surface area contributed by atoms with Crippen LogP contribution in [-0.2, 0) is 19.2 Å². The van der Waals surface area contributed by atoms with Crippen molar-refractivity contribution in [1.82, 2.24) is 4.90 Å². The lowest BCUT2D eigenvalue weighted by molar-refractivity contribution is -0.187. The molecule has 6 N–H and O–H groups in total. The minimum Gasteiger partial charge on any atom is -0.507 e. The van der Waals surface area contributed by atoms with Crippen molar-refractivity contribution in [3.8, 4) is 5.75 Å². The van der Waals surface area contributed by atoms with Gasteiger partial charge in [0.15, 0.2) is 23.1 Å². The number of aliphatic hydroxyl groups excluding tert-OH is 2. The largest absolute Gasteiger partial charge is 0.507 e. The molecular weight excluding hydrogens is 420 g/mol. The van der Waals surface area contributed by atoms with Crippen molar-refractivity contribution in [1.29, 1.82) is 0 Å². The Balaban J connectivity index is 2.02. The number of hydrogen-bond donors (Lipinski definition) is 5. The Hall–Kier alpha value is -3.08. The molecule has 3 aliphatic carbocycles. The molecule has 10 nitrogen and oxygen atoms in total. The van der Waals surface area contributed by atoms with Crippen LogP contribution in [0.1, 0.15) is 24.0 Å². The number of Topliss-reactive ketones (excluding diaryl/α,β-unsaturated/α-hetero) is 3. The first-order chi connectivity index (χ1) is 14.9. The second kappa shape index (κ2) is 6.96.